The Morgan fingerprint density at radius 3 is 2.44 bits per heavy atom. The van der Waals surface area contributed by atoms with Crippen LogP contribution in [0.2, 0.25) is 0 Å². The highest BCUT2D eigenvalue weighted by molar-refractivity contribution is 8.00. The Balaban J connectivity index is 1.92. The highest BCUT2D eigenvalue weighted by atomic mass is 32.2. The highest BCUT2D eigenvalue weighted by Crippen LogP contribution is 2.22. The van der Waals surface area contributed by atoms with E-state index in [1.807, 2.05) is 12.1 Å². The Bertz CT molecular complexity index is 750. The molecule has 134 valence electrons. The molecule has 0 saturated heterocycles. The summed E-state index contributed by atoms with van der Waals surface area (Å²) in [6.45, 7) is 7.84. The van der Waals surface area contributed by atoms with Crippen molar-refractivity contribution in [2.75, 3.05) is 0 Å². The number of aliphatic carboxylic acids is 1. The molecule has 0 saturated carbocycles. The maximum absolute atomic E-state index is 12.2. The molecule has 0 fully saturated rings. The molecule has 0 aliphatic heterocycles. The minimum atomic E-state index is -1.21. The minimum Gasteiger partial charge on any atom is -0.549 e. The molecule has 1 atom stereocenters. The molecule has 25 heavy (non-hydrogen) atoms. The first-order valence-corrected chi connectivity index (χ1v) is 8.63. The topological polar surface area (TPSA) is 108 Å². The van der Waals surface area contributed by atoms with E-state index >= 15 is 0 Å². The second-order valence-corrected chi connectivity index (χ2v) is 7.84. The number of carboxylic acid groups (broad SMARTS) is 1. The van der Waals surface area contributed by atoms with Crippen LogP contribution in [0.5, 0.6) is 0 Å². The van der Waals surface area contributed by atoms with Gasteiger partial charge in [-0.2, -0.15) is 0 Å². The third-order valence-corrected chi connectivity index (χ3v) is 4.38. The van der Waals surface area contributed by atoms with Gasteiger partial charge in [0, 0.05) is 5.56 Å². The summed E-state index contributed by atoms with van der Waals surface area (Å²) >= 11 is 0.892. The number of carbonyl (C=O) groups excluding carboxylic acids is 2. The molecule has 0 unspecified atom stereocenters. The molecule has 1 aromatic carbocycles. The van der Waals surface area contributed by atoms with Crippen molar-refractivity contribution in [1.29, 1.82) is 0 Å². The molecule has 1 N–H and O–H groups in total. The SMILES string of the molecule is C[C@@H](Sc1nnc(CNC(=O)c2ccc(C(C)(C)C)cc2)o1)C(=O)[O-]. The van der Waals surface area contributed by atoms with Gasteiger partial charge >= 0.3 is 0 Å². The molecule has 7 nitrogen and oxygen atoms in total. The first kappa shape index (κ1) is 19.0. The number of carbonyl (C=O) groups is 2. The van der Waals surface area contributed by atoms with Crippen LogP contribution < -0.4 is 10.4 Å². The number of hydrogen-bond donors (Lipinski definition) is 1. The van der Waals surface area contributed by atoms with Crippen LogP contribution >= 0.6 is 11.8 Å². The highest BCUT2D eigenvalue weighted by Gasteiger charge is 2.15. The van der Waals surface area contributed by atoms with Gasteiger partial charge in [-0.3, -0.25) is 4.79 Å². The van der Waals surface area contributed by atoms with Gasteiger partial charge in [0.25, 0.3) is 11.1 Å². The standard InChI is InChI=1S/C17H21N3O4S/c1-10(15(22)23)25-16-20-19-13(24-16)9-18-14(21)11-5-7-12(8-6-11)17(2,3)4/h5-8,10H,9H2,1-4H3,(H,18,21)(H,22,23)/p-1/t10-/m1/s1. The summed E-state index contributed by atoms with van der Waals surface area (Å²) in [5, 5.41) is 20.2. The number of thioether (sulfide) groups is 1. The lowest BCUT2D eigenvalue weighted by Gasteiger charge is -2.18. The molecule has 1 aromatic heterocycles. The van der Waals surface area contributed by atoms with E-state index in [0.717, 1.165) is 17.3 Å². The van der Waals surface area contributed by atoms with Crippen LogP contribution in [0, 0.1) is 0 Å². The molecule has 2 aromatic rings. The van der Waals surface area contributed by atoms with Crippen molar-refractivity contribution < 1.29 is 19.1 Å². The van der Waals surface area contributed by atoms with Gasteiger partial charge in [0.1, 0.15) is 0 Å². The van der Waals surface area contributed by atoms with Crippen molar-refractivity contribution in [3.63, 3.8) is 0 Å². The monoisotopic (exact) mass is 362 g/mol. The Hall–Kier alpha value is -2.35. The molecule has 0 spiro atoms. The van der Waals surface area contributed by atoms with Crippen molar-refractivity contribution in [3.8, 4) is 0 Å². The zero-order chi connectivity index (χ0) is 18.6. The lowest BCUT2D eigenvalue weighted by atomic mass is 9.87. The molecule has 2 rings (SSSR count). The molecule has 0 radical (unpaired) electrons. The minimum absolute atomic E-state index is 0.0233. The van der Waals surface area contributed by atoms with Crippen molar-refractivity contribution in [3.05, 3.63) is 41.3 Å². The smallest absolute Gasteiger partial charge is 0.277 e. The second kappa shape index (κ2) is 7.69. The van der Waals surface area contributed by atoms with Crippen LogP contribution in [0.3, 0.4) is 0 Å². The average molecular weight is 362 g/mol. The molecule has 1 heterocycles. The van der Waals surface area contributed by atoms with Crippen molar-refractivity contribution in [1.82, 2.24) is 15.5 Å². The molecule has 0 bridgehead atoms. The van der Waals surface area contributed by atoms with Gasteiger partial charge in [0.2, 0.25) is 5.89 Å². The van der Waals surface area contributed by atoms with E-state index in [9.17, 15) is 14.7 Å². The fraction of sp³-hybridized carbons (Fsp3) is 0.412. The van der Waals surface area contributed by atoms with E-state index in [0.29, 0.717) is 5.56 Å². The maximum Gasteiger partial charge on any atom is 0.277 e. The Labute approximate surface area is 150 Å². The quantitative estimate of drug-likeness (QED) is 0.776. The lowest BCUT2D eigenvalue weighted by molar-refractivity contribution is -0.304. The summed E-state index contributed by atoms with van der Waals surface area (Å²) in [5.41, 5.74) is 1.70. The number of rotatable bonds is 6. The summed E-state index contributed by atoms with van der Waals surface area (Å²) in [6, 6.07) is 7.40. The van der Waals surface area contributed by atoms with E-state index in [4.69, 9.17) is 4.42 Å². The van der Waals surface area contributed by atoms with Crippen molar-refractivity contribution in [2.24, 2.45) is 0 Å². The fourth-order valence-electron chi connectivity index (χ4n) is 1.94. The summed E-state index contributed by atoms with van der Waals surface area (Å²) < 4.78 is 5.29. The van der Waals surface area contributed by atoms with E-state index in [1.54, 1.807) is 12.1 Å². The molecule has 0 aliphatic rings. The fourth-order valence-corrected chi connectivity index (χ4v) is 2.57. The zero-order valence-electron chi connectivity index (χ0n) is 14.5. The third kappa shape index (κ3) is 5.32. The number of carboxylic acids is 1. The first-order valence-electron chi connectivity index (χ1n) is 7.75. The Kier molecular flexibility index (Phi) is 5.84. The maximum atomic E-state index is 12.2. The largest absolute Gasteiger partial charge is 0.549 e. The Morgan fingerprint density at radius 2 is 1.88 bits per heavy atom. The van der Waals surface area contributed by atoms with Crippen LogP contribution in [0.4, 0.5) is 0 Å². The predicted molar refractivity (Wildman–Crippen MR) is 90.9 cm³/mol. The van der Waals surface area contributed by atoms with Crippen molar-refractivity contribution >= 4 is 23.6 Å². The van der Waals surface area contributed by atoms with Crippen LogP contribution in [-0.4, -0.2) is 27.3 Å². The summed E-state index contributed by atoms with van der Waals surface area (Å²) in [5.74, 6) is -1.26. The van der Waals surface area contributed by atoms with E-state index in [-0.39, 0.29) is 29.0 Å². The van der Waals surface area contributed by atoms with Gasteiger partial charge in [-0.05, 0) is 30.0 Å². The van der Waals surface area contributed by atoms with Crippen LogP contribution in [-0.2, 0) is 16.8 Å². The Morgan fingerprint density at radius 1 is 1.24 bits per heavy atom. The number of aromatic nitrogens is 2. The lowest BCUT2D eigenvalue weighted by Crippen LogP contribution is -2.31. The number of benzene rings is 1. The van der Waals surface area contributed by atoms with Gasteiger partial charge in [-0.15, -0.1) is 10.2 Å². The summed E-state index contributed by atoms with van der Waals surface area (Å²) in [6.07, 6.45) is 0. The van der Waals surface area contributed by atoms with Gasteiger partial charge in [0.15, 0.2) is 0 Å². The summed E-state index contributed by atoms with van der Waals surface area (Å²) in [7, 11) is 0. The predicted octanol–water partition coefficient (Wildman–Crippen LogP) is 1.53. The van der Waals surface area contributed by atoms with Gasteiger partial charge in [0.05, 0.1) is 17.8 Å². The number of nitrogens with zero attached hydrogens (tertiary/aromatic N) is 2. The molecule has 1 amide bonds. The number of nitrogens with one attached hydrogen (secondary N) is 1. The van der Waals surface area contributed by atoms with E-state index in [2.05, 4.69) is 36.3 Å². The van der Waals surface area contributed by atoms with Crippen LogP contribution in [0.1, 0.15) is 49.5 Å². The average Bonchev–Trinajstić information content (AvgIpc) is 2.99. The molecular weight excluding hydrogens is 342 g/mol. The molecule has 8 heteroatoms. The van der Waals surface area contributed by atoms with E-state index < -0.39 is 11.2 Å². The van der Waals surface area contributed by atoms with Crippen LogP contribution in [0.15, 0.2) is 33.9 Å². The second-order valence-electron chi connectivity index (χ2n) is 6.55. The number of hydrogen-bond acceptors (Lipinski definition) is 7. The third-order valence-electron chi connectivity index (χ3n) is 3.47. The van der Waals surface area contributed by atoms with Gasteiger partial charge < -0.3 is 19.6 Å². The van der Waals surface area contributed by atoms with Crippen LogP contribution in [0.25, 0.3) is 0 Å². The molecule has 0 aliphatic carbocycles. The normalized spacial score (nSPS) is 12.6. The van der Waals surface area contributed by atoms with Gasteiger partial charge in [-0.1, -0.05) is 44.7 Å². The van der Waals surface area contributed by atoms with Crippen molar-refractivity contribution in [2.45, 2.75) is 50.1 Å². The summed E-state index contributed by atoms with van der Waals surface area (Å²) in [4.78, 5) is 22.9. The van der Waals surface area contributed by atoms with Gasteiger partial charge in [-0.25, -0.2) is 0 Å². The van der Waals surface area contributed by atoms with E-state index in [1.165, 1.54) is 6.92 Å². The first-order chi connectivity index (χ1) is 11.7. The molecular formula is C17H20N3O4S-. The number of amides is 1. The zero-order valence-corrected chi connectivity index (χ0v) is 15.3.